The van der Waals surface area contributed by atoms with Crippen molar-refractivity contribution in [3.63, 3.8) is 0 Å². The molecule has 0 unspecified atom stereocenters. The molecule has 0 aliphatic carbocycles. The molecule has 0 aliphatic rings. The monoisotopic (exact) mass is 347 g/mol. The Balaban J connectivity index is 2.15. The van der Waals surface area contributed by atoms with Crippen LogP contribution in [-0.4, -0.2) is 17.0 Å². The fourth-order valence-corrected chi connectivity index (χ4v) is 2.88. The largest absolute Gasteiger partial charge is 0.478 e. The average Bonchev–Trinajstić information content (AvgIpc) is 2.58. The van der Waals surface area contributed by atoms with Crippen LogP contribution in [0.15, 0.2) is 18.2 Å². The molecule has 0 heterocycles. The molecule has 140 valence electrons. The number of unbranched alkanes of at least 4 members (excludes halogenated alkanes) is 9. The molecule has 0 saturated carbocycles. The van der Waals surface area contributed by atoms with E-state index in [9.17, 15) is 9.59 Å². The predicted molar refractivity (Wildman–Crippen MR) is 103 cm³/mol. The molecule has 0 aliphatic heterocycles. The second-order valence-corrected chi connectivity index (χ2v) is 6.82. The second kappa shape index (κ2) is 12.5. The third-order valence-electron chi connectivity index (χ3n) is 4.52. The van der Waals surface area contributed by atoms with Crippen molar-refractivity contribution in [3.05, 3.63) is 29.3 Å². The van der Waals surface area contributed by atoms with Crippen molar-refractivity contribution in [1.82, 2.24) is 0 Å². The van der Waals surface area contributed by atoms with Crippen molar-refractivity contribution in [2.24, 2.45) is 0 Å². The normalized spacial score (nSPS) is 10.6. The number of aryl methyl sites for hydroxylation is 1. The van der Waals surface area contributed by atoms with Gasteiger partial charge in [0.15, 0.2) is 0 Å². The van der Waals surface area contributed by atoms with Crippen LogP contribution in [0.3, 0.4) is 0 Å². The van der Waals surface area contributed by atoms with Crippen LogP contribution in [0.25, 0.3) is 0 Å². The smallest absolute Gasteiger partial charge is 0.335 e. The molecule has 0 atom stereocenters. The lowest BCUT2D eigenvalue weighted by atomic mass is 10.1. The van der Waals surface area contributed by atoms with Gasteiger partial charge in [-0.05, 0) is 31.0 Å². The van der Waals surface area contributed by atoms with Crippen molar-refractivity contribution in [2.75, 3.05) is 5.32 Å². The molecule has 0 radical (unpaired) electrons. The zero-order valence-corrected chi connectivity index (χ0v) is 15.8. The summed E-state index contributed by atoms with van der Waals surface area (Å²) in [6.45, 7) is 4.10. The first-order chi connectivity index (χ1) is 12.0. The van der Waals surface area contributed by atoms with E-state index in [1.165, 1.54) is 57.4 Å². The standard InChI is InChI=1S/C21H33NO3/c1-3-4-5-6-7-8-9-10-11-12-13-20(23)22-19-16-18(21(24)25)15-14-17(19)2/h14-16H,3-13H2,1-2H3,(H,22,23)(H,24,25). The first kappa shape index (κ1) is 21.2. The number of anilines is 1. The topological polar surface area (TPSA) is 66.4 Å². The molecule has 25 heavy (non-hydrogen) atoms. The highest BCUT2D eigenvalue weighted by atomic mass is 16.4. The molecule has 1 rings (SSSR count). The van der Waals surface area contributed by atoms with E-state index < -0.39 is 5.97 Å². The summed E-state index contributed by atoms with van der Waals surface area (Å²) in [5, 5.41) is 11.9. The highest BCUT2D eigenvalue weighted by molar-refractivity contribution is 5.94. The maximum atomic E-state index is 12.0. The average molecular weight is 347 g/mol. The van der Waals surface area contributed by atoms with Gasteiger partial charge in [-0.2, -0.15) is 0 Å². The van der Waals surface area contributed by atoms with Crippen molar-refractivity contribution < 1.29 is 14.7 Å². The van der Waals surface area contributed by atoms with Crippen LogP contribution < -0.4 is 5.32 Å². The third-order valence-corrected chi connectivity index (χ3v) is 4.52. The molecular formula is C21H33NO3. The van der Waals surface area contributed by atoms with E-state index in [1.54, 1.807) is 12.1 Å². The van der Waals surface area contributed by atoms with Crippen molar-refractivity contribution in [3.8, 4) is 0 Å². The molecule has 0 fully saturated rings. The molecule has 0 saturated heterocycles. The van der Waals surface area contributed by atoms with Gasteiger partial charge in [0, 0.05) is 12.1 Å². The van der Waals surface area contributed by atoms with Gasteiger partial charge in [-0.1, -0.05) is 70.8 Å². The van der Waals surface area contributed by atoms with E-state index in [-0.39, 0.29) is 11.5 Å². The van der Waals surface area contributed by atoms with Gasteiger partial charge in [0.05, 0.1) is 5.56 Å². The molecule has 1 aromatic carbocycles. The summed E-state index contributed by atoms with van der Waals surface area (Å²) in [4.78, 5) is 23.0. The van der Waals surface area contributed by atoms with Gasteiger partial charge >= 0.3 is 5.97 Å². The Hall–Kier alpha value is -1.84. The molecule has 4 heteroatoms. The van der Waals surface area contributed by atoms with Crippen LogP contribution in [-0.2, 0) is 4.79 Å². The number of carbonyl (C=O) groups excluding carboxylic acids is 1. The highest BCUT2D eigenvalue weighted by Crippen LogP contribution is 2.18. The van der Waals surface area contributed by atoms with Gasteiger partial charge in [-0.15, -0.1) is 0 Å². The first-order valence-corrected chi connectivity index (χ1v) is 9.68. The van der Waals surface area contributed by atoms with Gasteiger partial charge in [-0.3, -0.25) is 4.79 Å². The number of carbonyl (C=O) groups is 2. The zero-order chi connectivity index (χ0) is 18.5. The number of nitrogens with one attached hydrogen (secondary N) is 1. The summed E-state index contributed by atoms with van der Waals surface area (Å²) in [5.41, 5.74) is 1.67. The first-order valence-electron chi connectivity index (χ1n) is 9.68. The number of rotatable bonds is 13. The minimum absolute atomic E-state index is 0.0368. The van der Waals surface area contributed by atoms with Crippen LogP contribution >= 0.6 is 0 Å². The Morgan fingerprint density at radius 2 is 1.48 bits per heavy atom. The lowest BCUT2D eigenvalue weighted by molar-refractivity contribution is -0.116. The molecule has 0 aromatic heterocycles. The number of amides is 1. The van der Waals surface area contributed by atoms with Crippen LogP contribution in [0.5, 0.6) is 0 Å². The van der Waals surface area contributed by atoms with Gasteiger partial charge < -0.3 is 10.4 Å². The summed E-state index contributed by atoms with van der Waals surface area (Å²) in [6, 6.07) is 4.79. The molecule has 0 spiro atoms. The van der Waals surface area contributed by atoms with Crippen molar-refractivity contribution in [2.45, 2.75) is 84.5 Å². The van der Waals surface area contributed by atoms with Gasteiger partial charge in [0.2, 0.25) is 5.91 Å². The van der Waals surface area contributed by atoms with Crippen molar-refractivity contribution in [1.29, 1.82) is 0 Å². The van der Waals surface area contributed by atoms with Gasteiger partial charge in [0.25, 0.3) is 0 Å². The van der Waals surface area contributed by atoms with Crippen LogP contribution in [0.4, 0.5) is 5.69 Å². The van der Waals surface area contributed by atoms with Crippen LogP contribution in [0.1, 0.15) is 93.5 Å². The SMILES string of the molecule is CCCCCCCCCCCCC(=O)Nc1cc(C(=O)O)ccc1C. The zero-order valence-electron chi connectivity index (χ0n) is 15.8. The van der Waals surface area contributed by atoms with E-state index >= 15 is 0 Å². The predicted octanol–water partition coefficient (Wildman–Crippen LogP) is 5.94. The minimum Gasteiger partial charge on any atom is -0.478 e. The quantitative estimate of drug-likeness (QED) is 0.434. The fraction of sp³-hybridized carbons (Fsp3) is 0.619. The molecular weight excluding hydrogens is 314 g/mol. The Morgan fingerprint density at radius 1 is 0.920 bits per heavy atom. The summed E-state index contributed by atoms with van der Waals surface area (Å²) in [6.07, 6.45) is 12.9. The molecule has 1 amide bonds. The van der Waals surface area contributed by atoms with E-state index in [4.69, 9.17) is 5.11 Å². The highest BCUT2D eigenvalue weighted by Gasteiger charge is 2.09. The Morgan fingerprint density at radius 3 is 2.04 bits per heavy atom. The van der Waals surface area contributed by atoms with Crippen LogP contribution in [0, 0.1) is 6.92 Å². The fourth-order valence-electron chi connectivity index (χ4n) is 2.88. The number of carboxylic acid groups (broad SMARTS) is 1. The minimum atomic E-state index is -0.981. The summed E-state index contributed by atoms with van der Waals surface area (Å²) < 4.78 is 0. The lowest BCUT2D eigenvalue weighted by Gasteiger charge is -2.09. The molecule has 1 aromatic rings. The number of hydrogen-bond acceptors (Lipinski definition) is 2. The molecule has 0 bridgehead atoms. The van der Waals surface area contributed by atoms with E-state index in [0.29, 0.717) is 12.1 Å². The number of aromatic carboxylic acids is 1. The second-order valence-electron chi connectivity index (χ2n) is 6.82. The Labute approximate surface area is 152 Å². The summed E-state index contributed by atoms with van der Waals surface area (Å²) in [7, 11) is 0. The lowest BCUT2D eigenvalue weighted by Crippen LogP contribution is -2.12. The van der Waals surface area contributed by atoms with Gasteiger partial charge in [-0.25, -0.2) is 4.79 Å². The number of hydrogen-bond donors (Lipinski definition) is 2. The number of carboxylic acids is 1. The maximum Gasteiger partial charge on any atom is 0.335 e. The van der Waals surface area contributed by atoms with Gasteiger partial charge in [0.1, 0.15) is 0 Å². The molecule has 2 N–H and O–H groups in total. The third kappa shape index (κ3) is 9.28. The Kier molecular flexibility index (Phi) is 10.6. The number of benzene rings is 1. The Bertz CT molecular complexity index is 540. The van der Waals surface area contributed by atoms with E-state index in [0.717, 1.165) is 18.4 Å². The summed E-state index contributed by atoms with van der Waals surface area (Å²) in [5.74, 6) is -1.02. The van der Waals surface area contributed by atoms with E-state index in [1.807, 2.05) is 6.92 Å². The van der Waals surface area contributed by atoms with E-state index in [2.05, 4.69) is 12.2 Å². The summed E-state index contributed by atoms with van der Waals surface area (Å²) >= 11 is 0. The van der Waals surface area contributed by atoms with Crippen molar-refractivity contribution >= 4 is 17.6 Å². The van der Waals surface area contributed by atoms with Crippen LogP contribution in [0.2, 0.25) is 0 Å². The molecule has 4 nitrogen and oxygen atoms in total. The maximum absolute atomic E-state index is 12.0.